The first-order chi connectivity index (χ1) is 20.4. The Bertz CT molecular complexity index is 1790. The van der Waals surface area contributed by atoms with Crippen molar-refractivity contribution >= 4 is 11.0 Å². The highest BCUT2D eigenvalue weighted by Gasteiger charge is 2.40. The van der Waals surface area contributed by atoms with Crippen LogP contribution in [0.5, 0.6) is 0 Å². The quantitative estimate of drug-likeness (QED) is 0.195. The summed E-state index contributed by atoms with van der Waals surface area (Å²) in [5.74, 6) is -0.394. The Morgan fingerprint density at radius 3 is 1.86 bits per heavy atom. The van der Waals surface area contributed by atoms with E-state index in [2.05, 4.69) is 42.5 Å². The molecule has 0 fully saturated rings. The number of fused-ring (bicyclic) bond motifs is 1. The lowest BCUT2D eigenvalue weighted by molar-refractivity contribution is 0.401. The molecule has 0 aliphatic rings. The van der Waals surface area contributed by atoms with Gasteiger partial charge in [0.25, 0.3) is 0 Å². The number of nitriles is 1. The fourth-order valence-corrected chi connectivity index (χ4v) is 5.98. The van der Waals surface area contributed by atoms with Crippen molar-refractivity contribution in [3.05, 3.63) is 155 Å². The third-order valence-electron chi connectivity index (χ3n) is 7.65. The molecule has 0 atom stereocenters. The maximum atomic E-state index is 15.6. The van der Waals surface area contributed by atoms with Crippen molar-refractivity contribution in [2.45, 2.75) is 19.0 Å². The van der Waals surface area contributed by atoms with Crippen molar-refractivity contribution in [1.82, 2.24) is 19.7 Å². The lowest BCUT2D eigenvalue weighted by Gasteiger charge is -2.37. The van der Waals surface area contributed by atoms with Gasteiger partial charge < -0.3 is 4.90 Å². The van der Waals surface area contributed by atoms with Crippen LogP contribution in [0.2, 0.25) is 0 Å². The zero-order valence-electron chi connectivity index (χ0n) is 23.8. The summed E-state index contributed by atoms with van der Waals surface area (Å²) in [5.41, 5.74) is 5.95. The van der Waals surface area contributed by atoms with E-state index in [4.69, 9.17) is 10.1 Å². The molecule has 0 amide bonds. The Morgan fingerprint density at radius 2 is 1.38 bits per heavy atom. The van der Waals surface area contributed by atoms with Gasteiger partial charge in [-0.05, 0) is 61.0 Å². The molecule has 0 unspecified atom stereocenters. The number of nitrogens with zero attached hydrogens (tertiary/aromatic N) is 5. The Morgan fingerprint density at radius 1 is 0.833 bits per heavy atom. The molecule has 42 heavy (non-hydrogen) atoms. The van der Waals surface area contributed by atoms with Crippen LogP contribution >= 0.6 is 0 Å². The van der Waals surface area contributed by atoms with Crippen LogP contribution < -0.4 is 0 Å². The summed E-state index contributed by atoms with van der Waals surface area (Å²) in [6, 6.07) is 38.2. The second kappa shape index (κ2) is 11.0. The predicted molar refractivity (Wildman–Crippen MR) is 164 cm³/mol. The lowest BCUT2D eigenvalue weighted by atomic mass is 9.77. The normalized spacial score (nSPS) is 11.6. The van der Waals surface area contributed by atoms with Crippen molar-refractivity contribution < 1.29 is 4.39 Å². The Balaban J connectivity index is 1.65. The molecule has 4 aromatic carbocycles. The van der Waals surface area contributed by atoms with E-state index in [1.54, 1.807) is 12.3 Å². The number of halogens is 1. The molecule has 0 spiro atoms. The standard InChI is InChI=1S/C36H30FN5/c1-25-19-26(24-41(2)3)20-31(37)34(25)35-27(22-38)21-33-32(40-35)23-39-42(33)36(28-13-7-4-8-14-28,29-15-9-5-10-16-29)30-17-11-6-12-18-30/h4-21,23H,24H2,1-3H3. The smallest absolute Gasteiger partial charge is 0.138 e. The van der Waals surface area contributed by atoms with Crippen LogP contribution in [-0.4, -0.2) is 33.8 Å². The molecule has 6 aromatic rings. The number of benzene rings is 4. The van der Waals surface area contributed by atoms with Gasteiger partial charge in [0, 0.05) is 12.1 Å². The van der Waals surface area contributed by atoms with Crippen LogP contribution in [0.4, 0.5) is 4.39 Å². The zero-order valence-corrected chi connectivity index (χ0v) is 23.8. The summed E-state index contributed by atoms with van der Waals surface area (Å²) < 4.78 is 17.6. The molecule has 6 rings (SSSR count). The number of aryl methyl sites for hydroxylation is 1. The minimum absolute atomic E-state index is 0.287. The van der Waals surface area contributed by atoms with Gasteiger partial charge in [0.05, 0.1) is 23.0 Å². The number of hydrogen-bond donors (Lipinski definition) is 0. The molecule has 6 heteroatoms. The van der Waals surface area contributed by atoms with Crippen molar-refractivity contribution in [3.63, 3.8) is 0 Å². The van der Waals surface area contributed by atoms with Crippen LogP contribution in [0.25, 0.3) is 22.3 Å². The van der Waals surface area contributed by atoms with E-state index in [-0.39, 0.29) is 5.56 Å². The Labute approximate surface area is 245 Å². The van der Waals surface area contributed by atoms with Crippen LogP contribution in [0.1, 0.15) is 33.4 Å². The SMILES string of the molecule is Cc1cc(CN(C)C)cc(F)c1-c1nc2cnn(C(c3ccccc3)(c3ccccc3)c3ccccc3)c2cc1C#N. The molecule has 0 saturated heterocycles. The fourth-order valence-electron chi connectivity index (χ4n) is 5.98. The van der Waals surface area contributed by atoms with E-state index >= 15 is 4.39 Å². The Kier molecular flexibility index (Phi) is 7.12. The third-order valence-corrected chi connectivity index (χ3v) is 7.65. The zero-order chi connectivity index (χ0) is 29.3. The number of rotatable bonds is 7. The fraction of sp³-hybridized carbons (Fsp3) is 0.139. The average Bonchev–Trinajstić information content (AvgIpc) is 3.41. The van der Waals surface area contributed by atoms with E-state index in [0.717, 1.165) is 27.8 Å². The second-order valence-corrected chi connectivity index (χ2v) is 10.8. The van der Waals surface area contributed by atoms with Crippen LogP contribution in [-0.2, 0) is 12.1 Å². The van der Waals surface area contributed by atoms with Crippen LogP contribution in [0.3, 0.4) is 0 Å². The first-order valence-corrected chi connectivity index (χ1v) is 13.8. The van der Waals surface area contributed by atoms with Crippen LogP contribution in [0, 0.1) is 24.1 Å². The second-order valence-electron chi connectivity index (χ2n) is 10.8. The minimum atomic E-state index is -0.865. The van der Waals surface area contributed by atoms with Crippen molar-refractivity contribution in [3.8, 4) is 17.3 Å². The third kappa shape index (κ3) is 4.54. The molecule has 0 bridgehead atoms. The van der Waals surface area contributed by atoms with Crippen molar-refractivity contribution in [1.29, 1.82) is 5.26 Å². The molecular formula is C36H30FN5. The molecular weight excluding hydrogens is 521 g/mol. The number of hydrogen-bond acceptors (Lipinski definition) is 4. The van der Waals surface area contributed by atoms with Gasteiger partial charge >= 0.3 is 0 Å². The molecule has 0 saturated carbocycles. The monoisotopic (exact) mass is 551 g/mol. The van der Waals surface area contributed by atoms with E-state index in [1.807, 2.05) is 91.3 Å². The molecule has 5 nitrogen and oxygen atoms in total. The summed E-state index contributed by atoms with van der Waals surface area (Å²) in [6.07, 6.45) is 1.71. The van der Waals surface area contributed by atoms with Gasteiger partial charge in [0.1, 0.15) is 22.9 Å². The summed E-state index contributed by atoms with van der Waals surface area (Å²) >= 11 is 0. The highest BCUT2D eigenvalue weighted by molar-refractivity contribution is 5.84. The van der Waals surface area contributed by atoms with Gasteiger partial charge in [-0.3, -0.25) is 0 Å². The maximum Gasteiger partial charge on any atom is 0.138 e. The van der Waals surface area contributed by atoms with Gasteiger partial charge in [-0.1, -0.05) is 97.1 Å². The first kappa shape index (κ1) is 27.1. The van der Waals surface area contributed by atoms with Gasteiger partial charge in [0.2, 0.25) is 0 Å². The van der Waals surface area contributed by atoms with Gasteiger partial charge in [-0.15, -0.1) is 0 Å². The molecule has 2 aromatic heterocycles. The van der Waals surface area contributed by atoms with Gasteiger partial charge in [0.15, 0.2) is 0 Å². The molecule has 206 valence electrons. The summed E-state index contributed by atoms with van der Waals surface area (Å²) in [4.78, 5) is 6.88. The topological polar surface area (TPSA) is 57.7 Å². The first-order valence-electron chi connectivity index (χ1n) is 13.8. The minimum Gasteiger partial charge on any atom is -0.305 e. The van der Waals surface area contributed by atoms with E-state index in [0.29, 0.717) is 28.8 Å². The van der Waals surface area contributed by atoms with Crippen molar-refractivity contribution in [2.24, 2.45) is 0 Å². The van der Waals surface area contributed by atoms with Gasteiger partial charge in [-0.25, -0.2) is 14.1 Å². The van der Waals surface area contributed by atoms with Gasteiger partial charge in [-0.2, -0.15) is 10.4 Å². The predicted octanol–water partition coefficient (Wildman–Crippen LogP) is 7.32. The maximum absolute atomic E-state index is 15.6. The average molecular weight is 552 g/mol. The summed E-state index contributed by atoms with van der Waals surface area (Å²) in [7, 11) is 3.89. The van der Waals surface area contributed by atoms with E-state index in [9.17, 15) is 5.26 Å². The van der Waals surface area contributed by atoms with Crippen molar-refractivity contribution in [2.75, 3.05) is 14.1 Å². The number of aromatic nitrogens is 3. The largest absolute Gasteiger partial charge is 0.305 e. The molecule has 0 radical (unpaired) electrons. The molecule has 0 aliphatic carbocycles. The van der Waals surface area contributed by atoms with E-state index < -0.39 is 11.4 Å². The van der Waals surface area contributed by atoms with E-state index in [1.165, 1.54) is 6.07 Å². The highest BCUT2D eigenvalue weighted by Crippen LogP contribution is 2.42. The molecule has 0 aliphatic heterocycles. The van der Waals surface area contributed by atoms with Crippen LogP contribution in [0.15, 0.2) is 115 Å². The highest BCUT2D eigenvalue weighted by atomic mass is 19.1. The Hall–Kier alpha value is -5.12. The molecule has 0 N–H and O–H groups in total. The number of pyridine rings is 1. The summed E-state index contributed by atoms with van der Waals surface area (Å²) in [6.45, 7) is 2.47. The molecule has 2 heterocycles. The lowest BCUT2D eigenvalue weighted by Crippen LogP contribution is -2.38. The summed E-state index contributed by atoms with van der Waals surface area (Å²) in [5, 5.41) is 15.3.